The summed E-state index contributed by atoms with van der Waals surface area (Å²) in [7, 11) is 2.71. The van der Waals surface area contributed by atoms with Crippen LogP contribution in [0.4, 0.5) is 0 Å². The molecule has 0 aliphatic carbocycles. The number of esters is 1. The van der Waals surface area contributed by atoms with E-state index in [9.17, 15) is 19.5 Å². The minimum absolute atomic E-state index is 0.415. The van der Waals surface area contributed by atoms with Gasteiger partial charge in [0.15, 0.2) is 6.04 Å². The average molecular weight is 450 g/mol. The number of fused-ring (bicyclic) bond motifs is 1. The van der Waals surface area contributed by atoms with E-state index in [-0.39, 0.29) is 0 Å². The van der Waals surface area contributed by atoms with Gasteiger partial charge in [0.2, 0.25) is 5.91 Å². The molecule has 0 radical (unpaired) electrons. The number of benzene rings is 3. The van der Waals surface area contributed by atoms with Crippen LogP contribution >= 0.6 is 0 Å². The van der Waals surface area contributed by atoms with E-state index >= 15 is 0 Å². The van der Waals surface area contributed by atoms with Crippen molar-refractivity contribution in [2.75, 3.05) is 14.2 Å². The number of hydrogen-bond donors (Lipinski definition) is 3. The number of hydrogen-bond acceptors (Lipinski definition) is 6. The highest BCUT2D eigenvalue weighted by Crippen LogP contribution is 2.34. The number of carbonyl (C=O) groups excluding carboxylic acids is 2. The molecule has 0 aromatic heterocycles. The van der Waals surface area contributed by atoms with E-state index in [0.717, 1.165) is 10.8 Å². The zero-order chi connectivity index (χ0) is 24.0. The molecule has 0 spiro atoms. The van der Waals surface area contributed by atoms with E-state index in [0.29, 0.717) is 16.9 Å². The van der Waals surface area contributed by atoms with Gasteiger partial charge in [0.25, 0.3) is 0 Å². The van der Waals surface area contributed by atoms with E-state index in [1.54, 1.807) is 36.4 Å². The largest absolute Gasteiger partial charge is 0.496 e. The van der Waals surface area contributed by atoms with Crippen molar-refractivity contribution in [3.05, 3.63) is 77.9 Å². The summed E-state index contributed by atoms with van der Waals surface area (Å²) >= 11 is 0. The van der Waals surface area contributed by atoms with Crippen LogP contribution in [0, 0.1) is 0 Å². The molecule has 3 aromatic carbocycles. The number of methoxy groups -OCH3 is 2. The predicted molar refractivity (Wildman–Crippen MR) is 123 cm³/mol. The Morgan fingerprint density at radius 2 is 1.55 bits per heavy atom. The van der Waals surface area contributed by atoms with E-state index in [2.05, 4.69) is 10.6 Å². The summed E-state index contributed by atoms with van der Waals surface area (Å²) in [6.07, 6.45) is 0. The first kappa shape index (κ1) is 23.7. The van der Waals surface area contributed by atoms with Gasteiger partial charge in [-0.1, -0.05) is 60.7 Å². The fourth-order valence-electron chi connectivity index (χ4n) is 3.67. The average Bonchev–Trinajstić information content (AvgIpc) is 2.84. The van der Waals surface area contributed by atoms with E-state index < -0.39 is 36.0 Å². The van der Waals surface area contributed by atoms with Crippen LogP contribution in [0.3, 0.4) is 0 Å². The molecule has 8 nitrogen and oxygen atoms in total. The molecule has 0 saturated heterocycles. The maximum atomic E-state index is 13.1. The molecular formula is C25H26N2O6. The third kappa shape index (κ3) is 5.30. The Hall–Kier alpha value is -3.91. The standard InChI is InChI=1S/C25H26N2O6/c1-15(26-21(24(29)30)17-10-5-4-6-11-17)23(28)27-22(25(31)33-3)20-18-12-8-7-9-16(18)13-14-19(20)32-2/h4-15,21-22,26H,1-3H3,(H,27,28)(H,29,30)/t15-,21?,22?/m0/s1. The molecule has 8 heteroatoms. The fraction of sp³-hybridized carbons (Fsp3) is 0.240. The molecular weight excluding hydrogens is 424 g/mol. The minimum atomic E-state index is -1.16. The predicted octanol–water partition coefficient (Wildman–Crippen LogP) is 2.98. The lowest BCUT2D eigenvalue weighted by Crippen LogP contribution is -2.48. The van der Waals surface area contributed by atoms with Gasteiger partial charge in [0.05, 0.1) is 20.3 Å². The Bertz CT molecular complexity index is 1150. The lowest BCUT2D eigenvalue weighted by molar-refractivity contribution is -0.146. The second kappa shape index (κ2) is 10.6. The van der Waals surface area contributed by atoms with Crippen molar-refractivity contribution >= 4 is 28.6 Å². The Morgan fingerprint density at radius 3 is 2.18 bits per heavy atom. The van der Waals surface area contributed by atoms with Gasteiger partial charge in [-0.15, -0.1) is 0 Å². The molecule has 172 valence electrons. The molecule has 0 fully saturated rings. The molecule has 3 rings (SSSR count). The summed E-state index contributed by atoms with van der Waals surface area (Å²) in [5.41, 5.74) is 0.964. The number of ether oxygens (including phenoxy) is 2. The Labute approximate surface area is 191 Å². The number of aliphatic carboxylic acids is 1. The summed E-state index contributed by atoms with van der Waals surface area (Å²) in [6.45, 7) is 1.53. The van der Waals surface area contributed by atoms with Crippen molar-refractivity contribution in [2.45, 2.75) is 25.0 Å². The lowest BCUT2D eigenvalue weighted by Gasteiger charge is -2.24. The maximum absolute atomic E-state index is 13.1. The molecule has 33 heavy (non-hydrogen) atoms. The quantitative estimate of drug-likeness (QED) is 0.430. The van der Waals surface area contributed by atoms with Gasteiger partial charge in [-0.05, 0) is 29.3 Å². The van der Waals surface area contributed by atoms with Gasteiger partial charge < -0.3 is 19.9 Å². The summed E-state index contributed by atoms with van der Waals surface area (Å²) in [4.78, 5) is 37.6. The number of amides is 1. The zero-order valence-corrected chi connectivity index (χ0v) is 18.6. The summed E-state index contributed by atoms with van der Waals surface area (Å²) in [6, 6.07) is 16.3. The van der Waals surface area contributed by atoms with Crippen LogP contribution in [0.2, 0.25) is 0 Å². The second-order valence-electron chi connectivity index (χ2n) is 7.44. The Balaban J connectivity index is 1.91. The SMILES string of the molecule is COC(=O)C(NC(=O)[C@H](C)NC(C(=O)O)c1ccccc1)c1c(OC)ccc2ccccc12. The number of nitrogens with one attached hydrogen (secondary N) is 2. The number of carboxylic acids is 1. The molecule has 0 heterocycles. The molecule has 1 amide bonds. The highest BCUT2D eigenvalue weighted by molar-refractivity contribution is 5.96. The summed E-state index contributed by atoms with van der Waals surface area (Å²) < 4.78 is 10.4. The number of carbonyl (C=O) groups is 3. The lowest BCUT2D eigenvalue weighted by atomic mass is 9.97. The molecule has 2 unspecified atom stereocenters. The van der Waals surface area contributed by atoms with Gasteiger partial charge in [-0.25, -0.2) is 4.79 Å². The molecule has 0 aliphatic rings. The van der Waals surface area contributed by atoms with Crippen LogP contribution in [0.25, 0.3) is 10.8 Å². The topological polar surface area (TPSA) is 114 Å². The van der Waals surface area contributed by atoms with Gasteiger partial charge in [0.1, 0.15) is 11.8 Å². The van der Waals surface area contributed by atoms with Gasteiger partial charge in [-0.3, -0.25) is 14.9 Å². The van der Waals surface area contributed by atoms with Crippen molar-refractivity contribution in [3.63, 3.8) is 0 Å². The molecule has 0 saturated carbocycles. The van der Waals surface area contributed by atoms with Crippen molar-refractivity contribution in [1.29, 1.82) is 0 Å². The van der Waals surface area contributed by atoms with Gasteiger partial charge in [-0.2, -0.15) is 0 Å². The molecule has 3 atom stereocenters. The van der Waals surface area contributed by atoms with Crippen LogP contribution in [-0.4, -0.2) is 43.2 Å². The Kier molecular flexibility index (Phi) is 7.63. The van der Waals surface area contributed by atoms with Crippen LogP contribution in [0.15, 0.2) is 66.7 Å². The normalized spacial score (nSPS) is 13.5. The third-order valence-electron chi connectivity index (χ3n) is 5.35. The highest BCUT2D eigenvalue weighted by Gasteiger charge is 2.31. The second-order valence-corrected chi connectivity index (χ2v) is 7.44. The molecule has 3 aromatic rings. The smallest absolute Gasteiger partial charge is 0.333 e. The van der Waals surface area contributed by atoms with Crippen molar-refractivity contribution in [2.24, 2.45) is 0 Å². The first-order chi connectivity index (χ1) is 15.9. The maximum Gasteiger partial charge on any atom is 0.333 e. The minimum Gasteiger partial charge on any atom is -0.496 e. The first-order valence-electron chi connectivity index (χ1n) is 10.3. The van der Waals surface area contributed by atoms with E-state index in [4.69, 9.17) is 9.47 Å². The van der Waals surface area contributed by atoms with Gasteiger partial charge in [0, 0.05) is 5.56 Å². The molecule has 0 bridgehead atoms. The highest BCUT2D eigenvalue weighted by atomic mass is 16.5. The van der Waals surface area contributed by atoms with Crippen LogP contribution in [0.5, 0.6) is 5.75 Å². The molecule has 3 N–H and O–H groups in total. The van der Waals surface area contributed by atoms with E-state index in [1.807, 2.05) is 30.3 Å². The number of carboxylic acid groups (broad SMARTS) is 1. The van der Waals surface area contributed by atoms with Crippen molar-refractivity contribution < 1.29 is 29.0 Å². The summed E-state index contributed by atoms with van der Waals surface area (Å²) in [5.74, 6) is -1.95. The van der Waals surface area contributed by atoms with Crippen LogP contribution in [-0.2, 0) is 19.1 Å². The number of rotatable bonds is 9. The van der Waals surface area contributed by atoms with Gasteiger partial charge >= 0.3 is 11.9 Å². The third-order valence-corrected chi connectivity index (χ3v) is 5.35. The fourth-order valence-corrected chi connectivity index (χ4v) is 3.67. The van der Waals surface area contributed by atoms with Crippen molar-refractivity contribution in [1.82, 2.24) is 10.6 Å². The summed E-state index contributed by atoms with van der Waals surface area (Å²) in [5, 5.41) is 16.7. The monoisotopic (exact) mass is 450 g/mol. The van der Waals surface area contributed by atoms with E-state index in [1.165, 1.54) is 21.1 Å². The van der Waals surface area contributed by atoms with Crippen LogP contribution in [0.1, 0.15) is 30.1 Å². The van der Waals surface area contributed by atoms with Crippen molar-refractivity contribution in [3.8, 4) is 5.75 Å². The zero-order valence-electron chi connectivity index (χ0n) is 18.6. The molecule has 0 aliphatic heterocycles. The Morgan fingerprint density at radius 1 is 0.879 bits per heavy atom. The van der Waals surface area contributed by atoms with Crippen LogP contribution < -0.4 is 15.4 Å². The first-order valence-corrected chi connectivity index (χ1v) is 10.3.